The van der Waals surface area contributed by atoms with Gasteiger partial charge in [-0.15, -0.1) is 11.8 Å². The maximum atomic E-state index is 14.7. The Labute approximate surface area is 194 Å². The SMILES string of the molecule is COCc1c(C2N=CN=C3C=CSC32)c(Nc2cccc(F)c2F)c2n1C(C)(C)CNC2=O. The number of aliphatic imine (C=N–C) groups is 2. The molecule has 3 aliphatic heterocycles. The predicted molar refractivity (Wildman–Crippen MR) is 126 cm³/mol. The number of allylic oxidation sites excluding steroid dienone is 1. The van der Waals surface area contributed by atoms with Crippen LogP contribution in [0.1, 0.15) is 41.6 Å². The van der Waals surface area contributed by atoms with Crippen molar-refractivity contribution in [1.82, 2.24) is 9.88 Å². The summed E-state index contributed by atoms with van der Waals surface area (Å²) in [6.45, 7) is 4.65. The Kier molecular flexibility index (Phi) is 5.37. The molecule has 0 saturated carbocycles. The number of benzene rings is 1. The number of amides is 1. The number of fused-ring (bicyclic) bond motifs is 2. The summed E-state index contributed by atoms with van der Waals surface area (Å²) in [6.07, 6.45) is 3.45. The van der Waals surface area contributed by atoms with Gasteiger partial charge in [-0.2, -0.15) is 0 Å². The van der Waals surface area contributed by atoms with Crippen LogP contribution in [-0.2, 0) is 16.9 Å². The number of anilines is 2. The number of methoxy groups -OCH3 is 1. The van der Waals surface area contributed by atoms with Gasteiger partial charge in [-0.1, -0.05) is 6.07 Å². The molecule has 0 saturated heterocycles. The van der Waals surface area contributed by atoms with E-state index in [1.54, 1.807) is 18.9 Å². The summed E-state index contributed by atoms with van der Waals surface area (Å²) in [5.74, 6) is -2.29. The van der Waals surface area contributed by atoms with Crippen LogP contribution < -0.4 is 10.6 Å². The third kappa shape index (κ3) is 3.48. The number of thioether (sulfide) groups is 1. The van der Waals surface area contributed by atoms with Crippen molar-refractivity contribution in [3.8, 4) is 0 Å². The molecule has 4 heterocycles. The van der Waals surface area contributed by atoms with Crippen molar-refractivity contribution in [1.29, 1.82) is 0 Å². The number of halogens is 2. The Bertz CT molecular complexity index is 1230. The van der Waals surface area contributed by atoms with Crippen LogP contribution in [0.25, 0.3) is 0 Å². The zero-order valence-electron chi connectivity index (χ0n) is 18.4. The first-order valence-corrected chi connectivity index (χ1v) is 11.4. The highest BCUT2D eigenvalue weighted by Gasteiger charge is 2.43. The van der Waals surface area contributed by atoms with E-state index < -0.39 is 23.2 Å². The lowest BCUT2D eigenvalue weighted by molar-refractivity contribution is 0.0879. The fourth-order valence-electron chi connectivity index (χ4n) is 4.63. The van der Waals surface area contributed by atoms with Crippen LogP contribution in [0.2, 0.25) is 0 Å². The van der Waals surface area contributed by atoms with E-state index in [1.807, 2.05) is 29.9 Å². The third-order valence-corrected chi connectivity index (χ3v) is 7.16. The molecular weight excluding hydrogens is 448 g/mol. The lowest BCUT2D eigenvalue weighted by Crippen LogP contribution is -2.48. The minimum atomic E-state index is -1.02. The summed E-state index contributed by atoms with van der Waals surface area (Å²) in [5, 5.41) is 7.83. The number of aromatic nitrogens is 1. The Morgan fingerprint density at radius 3 is 2.97 bits per heavy atom. The van der Waals surface area contributed by atoms with Crippen molar-refractivity contribution in [2.24, 2.45) is 9.98 Å². The normalized spacial score (nSPS) is 22.6. The molecule has 2 unspecified atom stereocenters. The number of nitrogens with one attached hydrogen (secondary N) is 2. The third-order valence-electron chi connectivity index (χ3n) is 6.08. The van der Waals surface area contributed by atoms with Gasteiger partial charge < -0.3 is 19.9 Å². The Morgan fingerprint density at radius 2 is 2.18 bits per heavy atom. The molecule has 0 bridgehead atoms. The maximum absolute atomic E-state index is 14.7. The first-order valence-electron chi connectivity index (χ1n) is 10.5. The number of hydrogen-bond acceptors (Lipinski definition) is 6. The van der Waals surface area contributed by atoms with Gasteiger partial charge in [0.05, 0.1) is 46.2 Å². The fourth-order valence-corrected chi connectivity index (χ4v) is 5.65. The molecule has 0 spiro atoms. The number of carbonyl (C=O) groups excluding carboxylic acids is 1. The molecule has 1 aromatic carbocycles. The summed E-state index contributed by atoms with van der Waals surface area (Å²) < 4.78 is 36.2. The van der Waals surface area contributed by atoms with E-state index in [0.717, 1.165) is 17.5 Å². The summed E-state index contributed by atoms with van der Waals surface area (Å²) in [5.41, 5.74) is 2.55. The number of nitrogens with zero attached hydrogens (tertiary/aromatic N) is 3. The van der Waals surface area contributed by atoms with Crippen molar-refractivity contribution in [2.45, 2.75) is 37.3 Å². The second-order valence-electron chi connectivity index (χ2n) is 8.70. The molecular formula is C23H23F2N5O2S. The lowest BCUT2D eigenvalue weighted by Gasteiger charge is -2.35. The van der Waals surface area contributed by atoms with Crippen LogP contribution in [0, 0.1) is 11.6 Å². The molecule has 0 radical (unpaired) electrons. The van der Waals surface area contributed by atoms with Gasteiger partial charge >= 0.3 is 0 Å². The smallest absolute Gasteiger partial charge is 0.270 e. The van der Waals surface area contributed by atoms with Crippen LogP contribution in [-0.4, -0.2) is 41.4 Å². The number of carbonyl (C=O) groups is 1. The molecule has 1 aromatic heterocycles. The first kappa shape index (κ1) is 21.8. The van der Waals surface area contributed by atoms with E-state index in [-0.39, 0.29) is 23.5 Å². The molecule has 5 rings (SSSR count). The molecule has 3 aliphatic rings. The lowest BCUT2D eigenvalue weighted by atomic mass is 9.97. The highest BCUT2D eigenvalue weighted by Crippen LogP contribution is 2.47. The zero-order valence-corrected chi connectivity index (χ0v) is 19.2. The summed E-state index contributed by atoms with van der Waals surface area (Å²) in [7, 11) is 1.59. The highest BCUT2D eigenvalue weighted by atomic mass is 32.2. The average Bonchev–Trinajstić information content (AvgIpc) is 3.38. The van der Waals surface area contributed by atoms with Crippen LogP contribution in [0.5, 0.6) is 0 Å². The number of rotatable bonds is 5. The molecule has 0 aliphatic carbocycles. The van der Waals surface area contributed by atoms with Crippen LogP contribution in [0.3, 0.4) is 0 Å². The molecule has 1 amide bonds. The van der Waals surface area contributed by atoms with Crippen molar-refractivity contribution in [2.75, 3.05) is 19.0 Å². The van der Waals surface area contributed by atoms with Crippen molar-refractivity contribution in [3.05, 3.63) is 58.3 Å². The van der Waals surface area contributed by atoms with Gasteiger partial charge in [-0.3, -0.25) is 9.79 Å². The number of hydrogen-bond donors (Lipinski definition) is 2. The van der Waals surface area contributed by atoms with Gasteiger partial charge in [0.1, 0.15) is 12.0 Å². The molecule has 172 valence electrons. The molecule has 2 N–H and O–H groups in total. The number of ether oxygens (including phenoxy) is 1. The molecule has 0 fully saturated rings. The van der Waals surface area contributed by atoms with Gasteiger partial charge in [-0.05, 0) is 37.5 Å². The molecule has 7 nitrogen and oxygen atoms in total. The fraction of sp³-hybridized carbons (Fsp3) is 0.348. The van der Waals surface area contributed by atoms with Gasteiger partial charge in [0.15, 0.2) is 11.6 Å². The summed E-state index contributed by atoms with van der Waals surface area (Å²) >= 11 is 1.59. The van der Waals surface area contributed by atoms with Crippen molar-refractivity contribution >= 4 is 41.1 Å². The molecule has 2 aromatic rings. The maximum Gasteiger partial charge on any atom is 0.270 e. The van der Waals surface area contributed by atoms with Crippen molar-refractivity contribution in [3.63, 3.8) is 0 Å². The largest absolute Gasteiger partial charge is 0.378 e. The molecule has 10 heteroatoms. The molecule has 2 atom stereocenters. The zero-order chi connectivity index (χ0) is 23.3. The van der Waals surface area contributed by atoms with Crippen LogP contribution in [0.4, 0.5) is 20.2 Å². The minimum absolute atomic E-state index is 0.0596. The Morgan fingerprint density at radius 1 is 1.36 bits per heavy atom. The van der Waals surface area contributed by atoms with Gasteiger partial charge in [-0.25, -0.2) is 13.8 Å². The standard InChI is InChI=1S/C23H23F2N5O2S/c1-23(2)10-26-22(31)20-18(29-13-6-4-5-12(24)17(13)25)16(15(9-32-3)30(20)23)19-21-14(7-8-33-21)27-11-28-19/h4-8,11,19,21,29H,9-10H2,1-3H3,(H,26,31). The summed E-state index contributed by atoms with van der Waals surface area (Å²) in [6, 6.07) is 3.52. The van der Waals surface area contributed by atoms with E-state index in [0.29, 0.717) is 23.5 Å². The van der Waals surface area contributed by atoms with Crippen molar-refractivity contribution < 1.29 is 18.3 Å². The van der Waals surface area contributed by atoms with E-state index >= 15 is 0 Å². The second-order valence-corrected chi connectivity index (χ2v) is 9.75. The second kappa shape index (κ2) is 8.11. The topological polar surface area (TPSA) is 80.0 Å². The van der Waals surface area contributed by atoms with E-state index in [1.165, 1.54) is 18.5 Å². The van der Waals surface area contributed by atoms with Crippen LogP contribution >= 0.6 is 11.8 Å². The van der Waals surface area contributed by atoms with E-state index in [9.17, 15) is 13.6 Å². The van der Waals surface area contributed by atoms with Gasteiger partial charge in [0.2, 0.25) is 0 Å². The quantitative estimate of drug-likeness (QED) is 0.682. The van der Waals surface area contributed by atoms with Crippen LogP contribution in [0.15, 0.2) is 39.7 Å². The Balaban J connectivity index is 1.78. The average molecular weight is 472 g/mol. The predicted octanol–water partition coefficient (Wildman–Crippen LogP) is 4.29. The monoisotopic (exact) mass is 471 g/mol. The first-order chi connectivity index (χ1) is 15.8. The van der Waals surface area contributed by atoms with Gasteiger partial charge in [0.25, 0.3) is 5.91 Å². The van der Waals surface area contributed by atoms with E-state index in [2.05, 4.69) is 20.6 Å². The Hall–Kier alpha value is -2.98. The van der Waals surface area contributed by atoms with Gasteiger partial charge in [0, 0.05) is 19.2 Å². The summed E-state index contributed by atoms with van der Waals surface area (Å²) in [4.78, 5) is 22.2. The minimum Gasteiger partial charge on any atom is -0.378 e. The van der Waals surface area contributed by atoms with E-state index in [4.69, 9.17) is 4.74 Å². The highest BCUT2D eigenvalue weighted by molar-refractivity contribution is 8.04. The molecule has 33 heavy (non-hydrogen) atoms.